The first kappa shape index (κ1) is 43.9. The molecule has 2 saturated carbocycles. The molecule has 60 heavy (non-hydrogen) atoms. The van der Waals surface area contributed by atoms with Gasteiger partial charge in [0.05, 0.1) is 6.61 Å². The molecular formula is C54H68BO4P. The van der Waals surface area contributed by atoms with Crippen LogP contribution in [-0.2, 0) is 0 Å². The Morgan fingerprint density at radius 1 is 0.483 bits per heavy atom. The van der Waals surface area contributed by atoms with Gasteiger partial charge in [0.15, 0.2) is 0 Å². The lowest BCUT2D eigenvalue weighted by atomic mass is 9.85. The van der Waals surface area contributed by atoms with E-state index < -0.39 is 15.2 Å². The van der Waals surface area contributed by atoms with Crippen LogP contribution >= 0.6 is 7.92 Å². The summed E-state index contributed by atoms with van der Waals surface area (Å²) < 4.78 is 27.9. The molecule has 0 amide bonds. The predicted octanol–water partition coefficient (Wildman–Crippen LogP) is 13.4. The number of rotatable bonds is 13. The molecule has 0 aromatic heterocycles. The van der Waals surface area contributed by atoms with Crippen LogP contribution in [0.2, 0.25) is 0 Å². The fourth-order valence-electron chi connectivity index (χ4n) is 10.9. The van der Waals surface area contributed by atoms with Crippen LogP contribution in [0.3, 0.4) is 0 Å². The van der Waals surface area contributed by atoms with Crippen LogP contribution in [0.4, 0.5) is 0 Å². The Hall–Kier alpha value is -4.21. The van der Waals surface area contributed by atoms with Crippen molar-refractivity contribution in [2.75, 3.05) is 6.61 Å². The van der Waals surface area contributed by atoms with Gasteiger partial charge < -0.3 is 18.7 Å². The highest BCUT2D eigenvalue weighted by molar-refractivity contribution is 7.80. The van der Waals surface area contributed by atoms with Crippen molar-refractivity contribution in [3.63, 3.8) is 0 Å². The molecule has 2 aliphatic carbocycles. The summed E-state index contributed by atoms with van der Waals surface area (Å²) in [6.45, 7) is 29.0. The minimum absolute atomic E-state index is 0.538. The Labute approximate surface area is 363 Å². The monoisotopic (exact) mass is 822 g/mol. The maximum Gasteiger partial charge on any atom is 0.864 e. The average Bonchev–Trinajstić information content (AvgIpc) is 3.91. The molecule has 5 aromatic carbocycles. The van der Waals surface area contributed by atoms with Gasteiger partial charge in [-0.3, -0.25) is 0 Å². The first-order chi connectivity index (χ1) is 28.7. The highest BCUT2D eigenvalue weighted by Gasteiger charge is 2.38. The van der Waals surface area contributed by atoms with Gasteiger partial charge in [0.1, 0.15) is 23.0 Å². The molecule has 1 unspecified atom stereocenters. The summed E-state index contributed by atoms with van der Waals surface area (Å²) in [4.78, 5) is 0. The van der Waals surface area contributed by atoms with Crippen LogP contribution in [0.1, 0.15) is 148 Å². The Bertz CT molecular complexity index is 2260. The van der Waals surface area contributed by atoms with Crippen molar-refractivity contribution in [2.45, 2.75) is 153 Å². The van der Waals surface area contributed by atoms with Crippen molar-refractivity contribution in [1.29, 1.82) is 0 Å². The third-order valence-electron chi connectivity index (χ3n) is 13.1. The molecule has 1 atom stereocenters. The van der Waals surface area contributed by atoms with Gasteiger partial charge in [-0.1, -0.05) is 90.9 Å². The zero-order valence-electron chi connectivity index (χ0n) is 38.9. The maximum absolute atomic E-state index is 7.17. The standard InChI is InChI=1S/C54H68BO4P/c1-14-56-52-47(24-23-46(44-19-15-16-20-44)48(52)45-21-17-18-22-45)60(53-40(10)29-34(4)30-41(53)11)54-42(12)31-39(9)51(43(54)13)59-55(57-49-35(5)25-32(2)26-36(49)6)58-50-37(7)27-33(3)28-38(50)8/h23-31,44-45H,14-22H2,1-13H3. The number of hydrogen-bond donors (Lipinski definition) is 0. The molecule has 2 aliphatic rings. The maximum atomic E-state index is 7.17. The minimum Gasteiger partial charge on any atom is -0.493 e. The van der Waals surface area contributed by atoms with Crippen LogP contribution in [-0.4, -0.2) is 13.9 Å². The average molecular weight is 823 g/mol. The highest BCUT2D eigenvalue weighted by Crippen LogP contribution is 2.50. The fourth-order valence-corrected chi connectivity index (χ4v) is 13.9. The van der Waals surface area contributed by atoms with E-state index in [9.17, 15) is 0 Å². The minimum atomic E-state index is -1.09. The molecule has 4 nitrogen and oxygen atoms in total. The van der Waals surface area contributed by atoms with E-state index in [2.05, 4.69) is 145 Å². The van der Waals surface area contributed by atoms with Gasteiger partial charge in [-0.2, -0.15) is 0 Å². The van der Waals surface area contributed by atoms with Crippen molar-refractivity contribution in [3.8, 4) is 23.0 Å². The lowest BCUT2D eigenvalue weighted by Gasteiger charge is -2.32. The van der Waals surface area contributed by atoms with Gasteiger partial charge >= 0.3 is 7.32 Å². The molecule has 0 radical (unpaired) electrons. The first-order valence-corrected chi connectivity index (χ1v) is 23.9. The zero-order valence-corrected chi connectivity index (χ0v) is 39.8. The predicted molar refractivity (Wildman–Crippen MR) is 256 cm³/mol. The summed E-state index contributed by atoms with van der Waals surface area (Å²) >= 11 is 0. The molecule has 0 bridgehead atoms. The zero-order chi connectivity index (χ0) is 43.0. The van der Waals surface area contributed by atoms with Crippen LogP contribution in [0.15, 0.2) is 54.6 Å². The summed E-state index contributed by atoms with van der Waals surface area (Å²) in [6.07, 6.45) is 10.3. The third-order valence-corrected chi connectivity index (χ3v) is 16.2. The number of hydrogen-bond acceptors (Lipinski definition) is 4. The Kier molecular flexibility index (Phi) is 13.5. The van der Waals surface area contributed by atoms with Crippen LogP contribution in [0.5, 0.6) is 23.0 Å². The Morgan fingerprint density at radius 2 is 0.900 bits per heavy atom. The molecule has 0 aliphatic heterocycles. The quantitative estimate of drug-likeness (QED) is 0.0876. The largest absolute Gasteiger partial charge is 0.864 e. The molecule has 0 saturated heterocycles. The van der Waals surface area contributed by atoms with E-state index in [1.807, 2.05) is 0 Å². The normalized spacial score (nSPS) is 15.1. The van der Waals surface area contributed by atoms with Gasteiger partial charge in [0.2, 0.25) is 0 Å². The number of aryl methyl sites for hydroxylation is 11. The summed E-state index contributed by atoms with van der Waals surface area (Å²) in [7, 11) is -2.13. The molecule has 316 valence electrons. The summed E-state index contributed by atoms with van der Waals surface area (Å²) in [5.74, 6) is 4.68. The summed E-state index contributed by atoms with van der Waals surface area (Å²) in [5, 5.41) is 4.05. The third kappa shape index (κ3) is 8.90. The van der Waals surface area contributed by atoms with Crippen molar-refractivity contribution >= 4 is 31.2 Å². The van der Waals surface area contributed by atoms with Gasteiger partial charge in [-0.05, 0) is 208 Å². The van der Waals surface area contributed by atoms with E-state index in [0.717, 1.165) is 56.4 Å². The molecule has 2 fully saturated rings. The van der Waals surface area contributed by atoms with Crippen molar-refractivity contribution < 1.29 is 18.7 Å². The van der Waals surface area contributed by atoms with E-state index in [1.54, 1.807) is 5.56 Å². The lowest BCUT2D eigenvalue weighted by molar-refractivity contribution is 0.302. The number of benzene rings is 5. The SMILES string of the molecule is CCOc1c(P(c2c(C)cc(C)cc2C)c2c(C)cc(C)c(OB(Oc3c(C)cc(C)cc3C)Oc3c(C)cc(C)cc3C)c2C)ccc(C2CCCC2)c1C1CCCC1. The number of ether oxygens (including phenoxy) is 1. The van der Waals surface area contributed by atoms with E-state index in [4.69, 9.17) is 18.7 Å². The smallest absolute Gasteiger partial charge is 0.493 e. The van der Waals surface area contributed by atoms with Crippen LogP contribution in [0, 0.1) is 83.1 Å². The van der Waals surface area contributed by atoms with Crippen molar-refractivity contribution in [2.24, 2.45) is 0 Å². The van der Waals surface area contributed by atoms with Gasteiger partial charge in [0.25, 0.3) is 0 Å². The fraction of sp³-hybridized carbons (Fsp3) is 0.444. The Balaban J connectivity index is 1.45. The van der Waals surface area contributed by atoms with Gasteiger partial charge in [-0.15, -0.1) is 0 Å². The summed E-state index contributed by atoms with van der Waals surface area (Å²) in [5.41, 5.74) is 17.1. The van der Waals surface area contributed by atoms with Crippen molar-refractivity contribution in [1.82, 2.24) is 0 Å². The van der Waals surface area contributed by atoms with Crippen molar-refractivity contribution in [3.05, 3.63) is 132 Å². The van der Waals surface area contributed by atoms with Crippen LogP contribution in [0.25, 0.3) is 0 Å². The van der Waals surface area contributed by atoms with E-state index in [1.165, 1.54) is 106 Å². The Morgan fingerprint density at radius 3 is 1.38 bits per heavy atom. The first-order valence-electron chi connectivity index (χ1n) is 22.6. The molecule has 0 spiro atoms. The van der Waals surface area contributed by atoms with E-state index >= 15 is 0 Å². The highest BCUT2D eigenvalue weighted by atomic mass is 31.1. The van der Waals surface area contributed by atoms with Crippen LogP contribution < -0.4 is 34.6 Å². The molecule has 0 N–H and O–H groups in total. The molecular weight excluding hydrogens is 754 g/mol. The van der Waals surface area contributed by atoms with E-state index in [0.29, 0.717) is 18.4 Å². The topological polar surface area (TPSA) is 36.9 Å². The second kappa shape index (κ2) is 18.4. The van der Waals surface area contributed by atoms with Gasteiger partial charge in [-0.25, -0.2) is 0 Å². The lowest BCUT2D eigenvalue weighted by Crippen LogP contribution is -2.39. The van der Waals surface area contributed by atoms with E-state index in [-0.39, 0.29) is 0 Å². The van der Waals surface area contributed by atoms with Gasteiger partial charge in [0, 0.05) is 10.9 Å². The second-order valence-electron chi connectivity index (χ2n) is 18.3. The molecule has 6 heteroatoms. The molecule has 7 rings (SSSR count). The second-order valence-corrected chi connectivity index (χ2v) is 20.4. The molecule has 5 aromatic rings. The summed E-state index contributed by atoms with van der Waals surface area (Å²) in [6, 6.07) is 20.7. The molecule has 0 heterocycles.